The largest absolute Gasteiger partial charge is 0.417 e. The molecule has 0 bridgehead atoms. The van der Waals surface area contributed by atoms with Gasteiger partial charge in [-0.3, -0.25) is 0 Å². The summed E-state index contributed by atoms with van der Waals surface area (Å²) >= 11 is 5.65. The standard InChI is InChI=1S/C17H13ClF3N3O/c18-14-7-10(1-3-13(14)17(19,20)21)9-23-16(25)24-12-2-4-15-11(8-12)5-6-22-15/h1-8,22H,9H2,(H2,23,24,25). The van der Waals surface area contributed by atoms with Crippen molar-refractivity contribution in [2.75, 3.05) is 5.32 Å². The Morgan fingerprint density at radius 3 is 2.64 bits per heavy atom. The number of H-pyrrole nitrogens is 1. The molecule has 0 fully saturated rings. The van der Waals surface area contributed by atoms with Gasteiger partial charge in [-0.2, -0.15) is 13.2 Å². The summed E-state index contributed by atoms with van der Waals surface area (Å²) in [6.07, 6.45) is -2.71. The summed E-state index contributed by atoms with van der Waals surface area (Å²) < 4.78 is 38.0. The molecule has 0 atom stereocenters. The van der Waals surface area contributed by atoms with Crippen LogP contribution in [-0.2, 0) is 12.7 Å². The third kappa shape index (κ3) is 4.06. The third-order valence-electron chi connectivity index (χ3n) is 3.60. The predicted octanol–water partition coefficient (Wildman–Crippen LogP) is 5.16. The number of amides is 2. The molecular formula is C17H13ClF3N3O. The quantitative estimate of drug-likeness (QED) is 0.588. The summed E-state index contributed by atoms with van der Waals surface area (Å²) in [4.78, 5) is 15.0. The van der Waals surface area contributed by atoms with Gasteiger partial charge in [0.2, 0.25) is 0 Å². The minimum atomic E-state index is -4.50. The number of nitrogens with one attached hydrogen (secondary N) is 3. The number of alkyl halides is 3. The van der Waals surface area contributed by atoms with Crippen molar-refractivity contribution in [1.29, 1.82) is 0 Å². The summed E-state index contributed by atoms with van der Waals surface area (Å²) in [6, 6.07) is 10.2. The molecule has 8 heteroatoms. The Morgan fingerprint density at radius 1 is 1.12 bits per heavy atom. The Labute approximate surface area is 146 Å². The molecule has 25 heavy (non-hydrogen) atoms. The lowest BCUT2D eigenvalue weighted by Gasteiger charge is -2.11. The van der Waals surface area contributed by atoms with E-state index in [2.05, 4.69) is 15.6 Å². The maximum atomic E-state index is 12.7. The van der Waals surface area contributed by atoms with E-state index in [4.69, 9.17) is 11.6 Å². The van der Waals surface area contributed by atoms with Crippen molar-refractivity contribution in [3.8, 4) is 0 Å². The molecule has 3 N–H and O–H groups in total. The van der Waals surface area contributed by atoms with Gasteiger partial charge < -0.3 is 15.6 Å². The lowest BCUT2D eigenvalue weighted by Crippen LogP contribution is -2.28. The van der Waals surface area contributed by atoms with Crippen LogP contribution in [0.5, 0.6) is 0 Å². The van der Waals surface area contributed by atoms with Crippen molar-refractivity contribution in [2.24, 2.45) is 0 Å². The molecule has 3 aromatic rings. The zero-order chi connectivity index (χ0) is 18.0. The van der Waals surface area contributed by atoms with Crippen molar-refractivity contribution in [3.63, 3.8) is 0 Å². The zero-order valence-corrected chi connectivity index (χ0v) is 13.5. The molecule has 1 heterocycles. The minimum Gasteiger partial charge on any atom is -0.361 e. The van der Waals surface area contributed by atoms with Crippen LogP contribution in [0.1, 0.15) is 11.1 Å². The lowest BCUT2D eigenvalue weighted by atomic mass is 10.1. The molecule has 2 amide bonds. The van der Waals surface area contributed by atoms with Crippen LogP contribution in [0.25, 0.3) is 10.9 Å². The number of carbonyl (C=O) groups is 1. The van der Waals surface area contributed by atoms with E-state index in [9.17, 15) is 18.0 Å². The average molecular weight is 368 g/mol. The predicted molar refractivity (Wildman–Crippen MR) is 90.6 cm³/mol. The van der Waals surface area contributed by atoms with Gasteiger partial charge in [0.25, 0.3) is 0 Å². The van der Waals surface area contributed by atoms with Crippen LogP contribution < -0.4 is 10.6 Å². The van der Waals surface area contributed by atoms with Crippen LogP contribution >= 0.6 is 11.6 Å². The molecule has 0 unspecified atom stereocenters. The second-order valence-electron chi connectivity index (χ2n) is 5.40. The van der Waals surface area contributed by atoms with Crippen molar-refractivity contribution >= 4 is 34.2 Å². The Bertz CT molecular complexity index is 921. The van der Waals surface area contributed by atoms with Gasteiger partial charge in [0.1, 0.15) is 0 Å². The molecule has 3 rings (SSSR count). The number of benzene rings is 2. The van der Waals surface area contributed by atoms with E-state index in [0.717, 1.165) is 17.0 Å². The van der Waals surface area contributed by atoms with Crippen LogP contribution in [0.4, 0.5) is 23.7 Å². The van der Waals surface area contributed by atoms with E-state index in [-0.39, 0.29) is 6.54 Å². The number of hydrogen-bond donors (Lipinski definition) is 3. The number of hydrogen-bond acceptors (Lipinski definition) is 1. The highest BCUT2D eigenvalue weighted by Gasteiger charge is 2.32. The van der Waals surface area contributed by atoms with Crippen LogP contribution in [-0.4, -0.2) is 11.0 Å². The minimum absolute atomic E-state index is 0.0517. The number of carbonyl (C=O) groups excluding carboxylic acids is 1. The van der Waals surface area contributed by atoms with Crippen molar-refractivity contribution in [3.05, 3.63) is 64.8 Å². The van der Waals surface area contributed by atoms with E-state index in [0.29, 0.717) is 11.3 Å². The molecule has 4 nitrogen and oxygen atoms in total. The van der Waals surface area contributed by atoms with Gasteiger partial charge >= 0.3 is 12.2 Å². The first-order valence-electron chi connectivity index (χ1n) is 7.30. The highest BCUT2D eigenvalue weighted by atomic mass is 35.5. The number of aromatic nitrogens is 1. The summed E-state index contributed by atoms with van der Waals surface area (Å²) in [7, 11) is 0. The van der Waals surface area contributed by atoms with Gasteiger partial charge in [0, 0.05) is 29.3 Å². The maximum Gasteiger partial charge on any atom is 0.417 e. The third-order valence-corrected chi connectivity index (χ3v) is 3.92. The lowest BCUT2D eigenvalue weighted by molar-refractivity contribution is -0.137. The Kier molecular flexibility index (Phi) is 4.59. The summed E-state index contributed by atoms with van der Waals surface area (Å²) in [6.45, 7) is 0.0517. The number of fused-ring (bicyclic) bond motifs is 1. The van der Waals surface area contributed by atoms with Crippen molar-refractivity contribution in [2.45, 2.75) is 12.7 Å². The highest BCUT2D eigenvalue weighted by molar-refractivity contribution is 6.31. The maximum absolute atomic E-state index is 12.7. The van der Waals surface area contributed by atoms with Gasteiger partial charge in [-0.1, -0.05) is 17.7 Å². The Morgan fingerprint density at radius 2 is 1.92 bits per heavy atom. The number of urea groups is 1. The molecule has 0 saturated heterocycles. The second kappa shape index (κ2) is 6.68. The smallest absolute Gasteiger partial charge is 0.361 e. The van der Waals surface area contributed by atoms with Crippen LogP contribution in [0.3, 0.4) is 0 Å². The normalized spacial score (nSPS) is 11.5. The molecule has 0 aliphatic heterocycles. The fraction of sp³-hybridized carbons (Fsp3) is 0.118. The van der Waals surface area contributed by atoms with Crippen LogP contribution in [0.2, 0.25) is 5.02 Å². The van der Waals surface area contributed by atoms with Gasteiger partial charge in [-0.25, -0.2) is 4.79 Å². The first-order chi connectivity index (χ1) is 11.8. The average Bonchev–Trinajstić information content (AvgIpc) is 2.99. The summed E-state index contributed by atoms with van der Waals surface area (Å²) in [5, 5.41) is 5.80. The van der Waals surface area contributed by atoms with Crippen LogP contribution in [0.15, 0.2) is 48.7 Å². The molecule has 0 radical (unpaired) electrons. The Hall–Kier alpha value is -2.67. The number of halogens is 4. The molecular weight excluding hydrogens is 355 g/mol. The number of rotatable bonds is 3. The molecule has 2 aromatic carbocycles. The van der Waals surface area contributed by atoms with Gasteiger partial charge in [0.15, 0.2) is 0 Å². The first kappa shape index (κ1) is 17.2. The molecule has 0 spiro atoms. The zero-order valence-electron chi connectivity index (χ0n) is 12.7. The van der Waals surface area contributed by atoms with E-state index >= 15 is 0 Å². The highest BCUT2D eigenvalue weighted by Crippen LogP contribution is 2.34. The molecule has 0 aliphatic rings. The van der Waals surface area contributed by atoms with Crippen molar-refractivity contribution in [1.82, 2.24) is 10.3 Å². The van der Waals surface area contributed by atoms with E-state index in [1.165, 1.54) is 12.1 Å². The molecule has 130 valence electrons. The van der Waals surface area contributed by atoms with E-state index < -0.39 is 22.8 Å². The van der Waals surface area contributed by atoms with Gasteiger partial charge in [-0.05, 0) is 42.0 Å². The number of aromatic amines is 1. The monoisotopic (exact) mass is 367 g/mol. The van der Waals surface area contributed by atoms with E-state index in [1.54, 1.807) is 18.3 Å². The van der Waals surface area contributed by atoms with E-state index in [1.807, 2.05) is 12.1 Å². The van der Waals surface area contributed by atoms with Gasteiger partial charge in [-0.15, -0.1) is 0 Å². The molecule has 1 aromatic heterocycles. The van der Waals surface area contributed by atoms with Crippen LogP contribution in [0, 0.1) is 0 Å². The topological polar surface area (TPSA) is 56.9 Å². The fourth-order valence-corrected chi connectivity index (χ4v) is 2.70. The van der Waals surface area contributed by atoms with Crippen molar-refractivity contribution < 1.29 is 18.0 Å². The van der Waals surface area contributed by atoms with Gasteiger partial charge in [0.05, 0.1) is 10.6 Å². The Balaban J connectivity index is 1.61. The molecule has 0 saturated carbocycles. The fourth-order valence-electron chi connectivity index (χ4n) is 2.39. The SMILES string of the molecule is O=C(NCc1ccc(C(F)(F)F)c(Cl)c1)Nc1ccc2[nH]ccc2c1. The second-order valence-corrected chi connectivity index (χ2v) is 5.81. The summed E-state index contributed by atoms with van der Waals surface area (Å²) in [5.74, 6) is 0. The first-order valence-corrected chi connectivity index (χ1v) is 7.68. The number of anilines is 1. The molecule has 0 aliphatic carbocycles. The summed E-state index contributed by atoms with van der Waals surface area (Å²) in [5.41, 5.74) is 1.12.